The molecule has 0 aromatic heterocycles. The molecule has 1 heterocycles. The van der Waals surface area contributed by atoms with Gasteiger partial charge in [0.05, 0.1) is 25.2 Å². The lowest BCUT2D eigenvalue weighted by molar-refractivity contribution is -0.148. The molecule has 0 fully saturated rings. The fraction of sp³-hybridized carbons (Fsp3) is 0.353. The Bertz CT molecular complexity index is 715. The van der Waals surface area contributed by atoms with Gasteiger partial charge in [-0.2, -0.15) is 0 Å². The SMILES string of the molecule is CCOC(=O)CN1C(=O)C(OCCCl)=C1c1ccccc1C(=O)OC. The van der Waals surface area contributed by atoms with Gasteiger partial charge in [0.15, 0.2) is 0 Å². The molecular formula is C17H18ClNO6. The summed E-state index contributed by atoms with van der Waals surface area (Å²) < 4.78 is 15.1. The maximum atomic E-state index is 12.3. The van der Waals surface area contributed by atoms with Crippen LogP contribution in [0.15, 0.2) is 30.0 Å². The second-order valence-electron chi connectivity index (χ2n) is 4.95. The normalized spacial score (nSPS) is 13.4. The molecule has 1 amide bonds. The largest absolute Gasteiger partial charge is 0.485 e. The van der Waals surface area contributed by atoms with Crippen LogP contribution >= 0.6 is 11.6 Å². The summed E-state index contributed by atoms with van der Waals surface area (Å²) in [4.78, 5) is 37.3. The van der Waals surface area contributed by atoms with Crippen molar-refractivity contribution in [3.05, 3.63) is 41.2 Å². The molecule has 2 rings (SSSR count). The van der Waals surface area contributed by atoms with E-state index in [-0.39, 0.29) is 37.0 Å². The first-order chi connectivity index (χ1) is 12.0. The zero-order valence-corrected chi connectivity index (χ0v) is 14.7. The van der Waals surface area contributed by atoms with Crippen molar-refractivity contribution >= 4 is 35.1 Å². The van der Waals surface area contributed by atoms with Gasteiger partial charge >= 0.3 is 11.9 Å². The molecule has 0 atom stereocenters. The lowest BCUT2D eigenvalue weighted by Gasteiger charge is -2.35. The second kappa shape index (κ2) is 8.53. The van der Waals surface area contributed by atoms with E-state index in [9.17, 15) is 14.4 Å². The number of hydrogen-bond donors (Lipinski definition) is 0. The molecule has 0 radical (unpaired) electrons. The number of esters is 2. The third-order valence-corrected chi connectivity index (χ3v) is 3.58. The topological polar surface area (TPSA) is 82.1 Å². The zero-order chi connectivity index (χ0) is 18.4. The van der Waals surface area contributed by atoms with E-state index in [4.69, 9.17) is 25.8 Å². The van der Waals surface area contributed by atoms with Gasteiger partial charge in [0, 0.05) is 5.56 Å². The average molecular weight is 368 g/mol. The molecule has 134 valence electrons. The molecule has 25 heavy (non-hydrogen) atoms. The maximum Gasteiger partial charge on any atom is 0.338 e. The van der Waals surface area contributed by atoms with Crippen LogP contribution in [0.2, 0.25) is 0 Å². The van der Waals surface area contributed by atoms with Crippen LogP contribution in [0.3, 0.4) is 0 Å². The number of carbonyl (C=O) groups is 3. The number of nitrogens with zero attached hydrogens (tertiary/aromatic N) is 1. The highest BCUT2D eigenvalue weighted by atomic mass is 35.5. The third-order valence-electron chi connectivity index (χ3n) is 3.43. The molecule has 1 aliphatic heterocycles. The van der Waals surface area contributed by atoms with E-state index in [1.165, 1.54) is 12.0 Å². The minimum Gasteiger partial charge on any atom is -0.485 e. The fourth-order valence-corrected chi connectivity index (χ4v) is 2.47. The van der Waals surface area contributed by atoms with Gasteiger partial charge in [-0.15, -0.1) is 11.6 Å². The molecule has 0 saturated carbocycles. The molecule has 0 aliphatic carbocycles. The highest BCUT2D eigenvalue weighted by Crippen LogP contribution is 2.36. The summed E-state index contributed by atoms with van der Waals surface area (Å²) in [6, 6.07) is 6.60. The van der Waals surface area contributed by atoms with E-state index in [0.29, 0.717) is 11.3 Å². The van der Waals surface area contributed by atoms with Crippen LogP contribution in [0.4, 0.5) is 0 Å². The number of amides is 1. The molecule has 7 nitrogen and oxygen atoms in total. The molecule has 1 aromatic carbocycles. The first kappa shape index (κ1) is 18.8. The van der Waals surface area contributed by atoms with Crippen LogP contribution in [0.5, 0.6) is 0 Å². The summed E-state index contributed by atoms with van der Waals surface area (Å²) in [6.07, 6.45) is 0. The van der Waals surface area contributed by atoms with Crippen LogP contribution < -0.4 is 0 Å². The molecule has 8 heteroatoms. The van der Waals surface area contributed by atoms with Gasteiger partial charge in [-0.05, 0) is 13.0 Å². The van der Waals surface area contributed by atoms with Crippen molar-refractivity contribution in [2.45, 2.75) is 6.92 Å². The van der Waals surface area contributed by atoms with Gasteiger partial charge in [-0.1, -0.05) is 18.2 Å². The quantitative estimate of drug-likeness (QED) is 0.514. The standard InChI is InChI=1S/C17H18ClNO6/c1-3-24-13(20)10-19-14(15(16(19)21)25-9-8-18)11-6-4-5-7-12(11)17(22)23-2/h4-7H,3,8-10H2,1-2H3. The van der Waals surface area contributed by atoms with Crippen LogP contribution in [0, 0.1) is 0 Å². The smallest absolute Gasteiger partial charge is 0.338 e. The van der Waals surface area contributed by atoms with Crippen molar-refractivity contribution < 1.29 is 28.6 Å². The van der Waals surface area contributed by atoms with Crippen LogP contribution in [-0.4, -0.2) is 55.5 Å². The molecule has 1 aromatic rings. The predicted molar refractivity (Wildman–Crippen MR) is 89.7 cm³/mol. The molecule has 0 spiro atoms. The lowest BCUT2D eigenvalue weighted by Crippen LogP contribution is -2.45. The lowest BCUT2D eigenvalue weighted by atomic mass is 9.97. The highest BCUT2D eigenvalue weighted by Gasteiger charge is 2.41. The van der Waals surface area contributed by atoms with Crippen molar-refractivity contribution in [3.63, 3.8) is 0 Å². The van der Waals surface area contributed by atoms with Crippen molar-refractivity contribution in [3.8, 4) is 0 Å². The van der Waals surface area contributed by atoms with Crippen LogP contribution in [0.25, 0.3) is 5.70 Å². The Morgan fingerprint density at radius 3 is 2.60 bits per heavy atom. The third kappa shape index (κ3) is 3.93. The molecule has 1 aliphatic rings. The summed E-state index contributed by atoms with van der Waals surface area (Å²) in [6.45, 7) is 1.73. The minimum absolute atomic E-state index is 0.0568. The van der Waals surface area contributed by atoms with E-state index in [2.05, 4.69) is 0 Å². The molecule has 0 bridgehead atoms. The number of benzene rings is 1. The summed E-state index contributed by atoms with van der Waals surface area (Å²) in [7, 11) is 1.26. The predicted octanol–water partition coefficient (Wildman–Crippen LogP) is 1.80. The van der Waals surface area contributed by atoms with Crippen molar-refractivity contribution in [1.82, 2.24) is 4.90 Å². The first-order valence-corrected chi connectivity index (χ1v) is 8.16. The second-order valence-corrected chi connectivity index (χ2v) is 5.33. The van der Waals surface area contributed by atoms with Crippen molar-refractivity contribution in [2.24, 2.45) is 0 Å². The Morgan fingerprint density at radius 2 is 1.96 bits per heavy atom. The van der Waals surface area contributed by atoms with Crippen molar-refractivity contribution in [1.29, 1.82) is 0 Å². The molecule has 0 unspecified atom stereocenters. The summed E-state index contributed by atoms with van der Waals surface area (Å²) >= 11 is 5.61. The molecule has 0 N–H and O–H groups in total. The summed E-state index contributed by atoms with van der Waals surface area (Å²) in [5, 5.41) is 0. The van der Waals surface area contributed by atoms with E-state index >= 15 is 0 Å². The van der Waals surface area contributed by atoms with Gasteiger partial charge in [-0.25, -0.2) is 4.79 Å². The summed E-state index contributed by atoms with van der Waals surface area (Å²) in [5.41, 5.74) is 1.03. The number of hydrogen-bond acceptors (Lipinski definition) is 6. The Balaban J connectivity index is 2.44. The van der Waals surface area contributed by atoms with Crippen molar-refractivity contribution in [2.75, 3.05) is 32.7 Å². The number of halogens is 1. The van der Waals surface area contributed by atoms with Crippen LogP contribution in [-0.2, 0) is 23.8 Å². The minimum atomic E-state index is -0.560. The Hall–Kier alpha value is -2.54. The maximum absolute atomic E-state index is 12.3. The van der Waals surface area contributed by atoms with E-state index in [1.807, 2.05) is 0 Å². The van der Waals surface area contributed by atoms with Gasteiger partial charge < -0.3 is 14.2 Å². The number of methoxy groups -OCH3 is 1. The van der Waals surface area contributed by atoms with Gasteiger partial charge in [0.2, 0.25) is 5.76 Å². The van der Waals surface area contributed by atoms with E-state index < -0.39 is 17.8 Å². The fourth-order valence-electron chi connectivity index (χ4n) is 2.40. The van der Waals surface area contributed by atoms with Crippen LogP contribution in [0.1, 0.15) is 22.8 Å². The Morgan fingerprint density at radius 1 is 1.24 bits per heavy atom. The summed E-state index contributed by atoms with van der Waals surface area (Å²) in [5.74, 6) is -1.33. The Kier molecular flexibility index (Phi) is 6.41. The average Bonchev–Trinajstić information content (AvgIpc) is 2.63. The zero-order valence-electron chi connectivity index (χ0n) is 13.9. The number of rotatable bonds is 8. The van der Waals surface area contributed by atoms with Gasteiger partial charge in [0.25, 0.3) is 5.91 Å². The monoisotopic (exact) mass is 367 g/mol. The number of ether oxygens (including phenoxy) is 3. The van der Waals surface area contributed by atoms with E-state index in [0.717, 1.165) is 0 Å². The number of alkyl halides is 1. The number of carbonyl (C=O) groups excluding carboxylic acids is 3. The molecule has 0 saturated heterocycles. The highest BCUT2D eigenvalue weighted by molar-refractivity contribution is 6.18. The van der Waals surface area contributed by atoms with E-state index in [1.54, 1.807) is 31.2 Å². The molecular weight excluding hydrogens is 350 g/mol. The Labute approximate surface area is 150 Å². The van der Waals surface area contributed by atoms with Gasteiger partial charge in [-0.3, -0.25) is 14.5 Å². The first-order valence-electron chi connectivity index (χ1n) is 7.63. The van der Waals surface area contributed by atoms with Gasteiger partial charge in [0.1, 0.15) is 18.8 Å².